The van der Waals surface area contributed by atoms with Gasteiger partial charge in [-0.15, -0.1) is 0 Å². The quantitative estimate of drug-likeness (QED) is 0.138. The maximum atomic E-state index is 10.9. The average molecular weight is 848 g/mol. The first kappa shape index (κ1) is 48.2. The molecule has 2 aliphatic heterocycles. The molecule has 0 saturated carbocycles. The van der Waals surface area contributed by atoms with E-state index in [0.29, 0.717) is 6.61 Å². The second-order valence-corrected chi connectivity index (χ2v) is 52.3. The zero-order chi connectivity index (χ0) is 39.8. The van der Waals surface area contributed by atoms with Crippen molar-refractivity contribution in [2.75, 3.05) is 13.2 Å². The molecule has 0 aromatic carbocycles. The van der Waals surface area contributed by atoms with Crippen LogP contribution in [0.2, 0.25) is 137 Å². The molecule has 304 valence electrons. The Kier molecular flexibility index (Phi) is 16.7. The van der Waals surface area contributed by atoms with Gasteiger partial charge in [0.1, 0.15) is 48.8 Å². The van der Waals surface area contributed by atoms with Crippen molar-refractivity contribution in [3.05, 3.63) is 0 Å². The van der Waals surface area contributed by atoms with E-state index in [0.717, 1.165) is 0 Å². The van der Waals surface area contributed by atoms with Crippen molar-refractivity contribution < 1.29 is 50.3 Å². The molecular weight excluding hydrogens is 769 g/mol. The largest absolute Gasteiger partial charge is 0.415 e. The summed E-state index contributed by atoms with van der Waals surface area (Å²) in [6.07, 6.45) is -6.30. The second kappa shape index (κ2) is 17.7. The van der Waals surface area contributed by atoms with Crippen molar-refractivity contribution in [1.29, 1.82) is 0 Å². The highest BCUT2D eigenvalue weighted by atomic mass is 28.4. The highest BCUT2D eigenvalue weighted by molar-refractivity contribution is 6.72. The first-order valence-electron chi connectivity index (χ1n) is 18.8. The van der Waals surface area contributed by atoms with E-state index < -0.39 is 120 Å². The maximum Gasteiger partial charge on any atom is 0.187 e. The van der Waals surface area contributed by atoms with Crippen LogP contribution >= 0.6 is 0 Å². The van der Waals surface area contributed by atoms with Gasteiger partial charge in [-0.1, -0.05) is 0 Å². The Bertz CT molecular complexity index is 1070. The number of hydrogen-bond acceptors (Lipinski definition) is 11. The topological polar surface area (TPSA) is 113 Å². The molecule has 0 spiro atoms. The lowest BCUT2D eigenvalue weighted by Crippen LogP contribution is -2.70. The van der Waals surface area contributed by atoms with Crippen LogP contribution in [0.5, 0.6) is 0 Å². The average Bonchev–Trinajstić information content (AvgIpc) is 2.84. The van der Waals surface area contributed by atoms with Crippen molar-refractivity contribution >= 4 is 58.2 Å². The van der Waals surface area contributed by atoms with Gasteiger partial charge < -0.3 is 50.3 Å². The Morgan fingerprint density at radius 2 is 0.706 bits per heavy atom. The van der Waals surface area contributed by atoms with Gasteiger partial charge in [-0.3, -0.25) is 0 Å². The highest BCUT2D eigenvalue weighted by Crippen LogP contribution is 2.39. The summed E-state index contributed by atoms with van der Waals surface area (Å²) in [5.41, 5.74) is 0. The van der Waals surface area contributed by atoms with E-state index in [1.807, 2.05) is 0 Å². The van der Waals surface area contributed by atoms with Gasteiger partial charge in [0.05, 0.1) is 13.2 Å². The summed E-state index contributed by atoms with van der Waals surface area (Å²) >= 11 is 0. The number of ether oxygens (including phenoxy) is 3. The lowest BCUT2D eigenvalue weighted by Gasteiger charge is -2.54. The van der Waals surface area contributed by atoms with Gasteiger partial charge >= 0.3 is 0 Å². The summed E-state index contributed by atoms with van der Waals surface area (Å²) in [6, 6.07) is 0. The normalized spacial score (nSPS) is 32.4. The molecule has 10 atom stereocenters. The monoisotopic (exact) mass is 846 g/mol. The Morgan fingerprint density at radius 3 is 1.08 bits per heavy atom. The molecule has 2 fully saturated rings. The van der Waals surface area contributed by atoms with E-state index >= 15 is 0 Å². The third kappa shape index (κ3) is 17.8. The Hall–Kier alpha value is 1.08. The molecule has 0 aliphatic carbocycles. The summed E-state index contributed by atoms with van der Waals surface area (Å²) in [4.78, 5) is 0. The number of aliphatic hydroxyl groups is 1. The van der Waals surface area contributed by atoms with Gasteiger partial charge in [-0.05, 0) is 137 Å². The lowest BCUT2D eigenvalue weighted by atomic mass is 9.97. The minimum atomic E-state index is -2.23. The summed E-state index contributed by atoms with van der Waals surface area (Å²) < 4.78 is 69.2. The van der Waals surface area contributed by atoms with Gasteiger partial charge in [0.2, 0.25) is 0 Å². The predicted molar refractivity (Wildman–Crippen MR) is 224 cm³/mol. The summed E-state index contributed by atoms with van der Waals surface area (Å²) in [5.74, 6) is 0. The molecule has 0 bridgehead atoms. The van der Waals surface area contributed by atoms with Crippen molar-refractivity contribution in [2.24, 2.45) is 0 Å². The first-order valence-corrected chi connectivity index (χ1v) is 42.7. The highest BCUT2D eigenvalue weighted by Gasteiger charge is 2.57. The van der Waals surface area contributed by atoms with E-state index in [2.05, 4.69) is 137 Å². The van der Waals surface area contributed by atoms with Crippen LogP contribution in [0.25, 0.3) is 0 Å². The zero-order valence-electron chi connectivity index (χ0n) is 36.2. The third-order valence-electron chi connectivity index (χ3n) is 7.25. The van der Waals surface area contributed by atoms with Gasteiger partial charge in [0.15, 0.2) is 70.8 Å². The maximum absolute atomic E-state index is 10.9. The second-order valence-electron chi connectivity index (χ2n) is 21.0. The minimum absolute atomic E-state index is 0.258. The van der Waals surface area contributed by atoms with E-state index in [9.17, 15) is 5.11 Å². The molecule has 2 aliphatic rings. The van der Waals surface area contributed by atoms with E-state index in [-0.39, 0.29) is 6.61 Å². The van der Waals surface area contributed by atoms with Gasteiger partial charge in [-0.2, -0.15) is 0 Å². The third-order valence-corrected chi connectivity index (χ3v) is 14.1. The van der Waals surface area contributed by atoms with Crippen LogP contribution in [0.15, 0.2) is 0 Å². The number of aliphatic hydroxyl groups excluding tert-OH is 1. The zero-order valence-corrected chi connectivity index (χ0v) is 43.2. The van der Waals surface area contributed by atoms with Crippen molar-refractivity contribution in [2.45, 2.75) is 199 Å². The van der Waals surface area contributed by atoms with Crippen molar-refractivity contribution in [1.82, 2.24) is 0 Å². The first-order chi connectivity index (χ1) is 22.6. The summed E-state index contributed by atoms with van der Waals surface area (Å²) in [7, 11) is -15.0. The molecule has 0 unspecified atom stereocenters. The van der Waals surface area contributed by atoms with Gasteiger partial charge in [-0.25, -0.2) is 0 Å². The molecule has 2 heterocycles. The minimum Gasteiger partial charge on any atom is -0.415 e. The Labute approximate surface area is 319 Å². The summed E-state index contributed by atoms with van der Waals surface area (Å²) in [6.45, 7) is 45.5. The van der Waals surface area contributed by atoms with Crippen LogP contribution in [-0.2, 0) is 45.2 Å². The molecule has 2 rings (SSSR count). The molecule has 0 amide bonds. The van der Waals surface area contributed by atoms with Gasteiger partial charge in [0, 0.05) is 0 Å². The fraction of sp³-hybridized carbons (Fsp3) is 1.00. The predicted octanol–water partition coefficient (Wildman–Crippen LogP) is 7.62. The van der Waals surface area contributed by atoms with Crippen LogP contribution in [0, 0.1) is 0 Å². The smallest absolute Gasteiger partial charge is 0.187 e. The molecular formula is C33H78O11Si7. The Morgan fingerprint density at radius 1 is 0.373 bits per heavy atom. The van der Waals surface area contributed by atoms with Crippen LogP contribution in [0.4, 0.5) is 0 Å². The van der Waals surface area contributed by atoms with E-state index in [1.54, 1.807) is 0 Å². The molecule has 11 nitrogen and oxygen atoms in total. The fourth-order valence-electron chi connectivity index (χ4n) is 5.94. The van der Waals surface area contributed by atoms with Gasteiger partial charge in [0.25, 0.3) is 0 Å². The van der Waals surface area contributed by atoms with Crippen molar-refractivity contribution in [3.63, 3.8) is 0 Å². The summed E-state index contributed by atoms with van der Waals surface area (Å²) in [5, 5.41) is 10.9. The van der Waals surface area contributed by atoms with Crippen LogP contribution in [0.1, 0.15) is 0 Å². The standard InChI is InChI=1S/C33H78O11Si7/c1-45(2,3)35-23-25-26(28(40-47(7,8)9)31(43-50(16,17)18)33(37-25)44-51(19,20)21)38-32-30(42-49(13,14)15)29(41-48(10,11)12)27(24(22-34)36-32)39-46(4,5)6/h24-34H,22-23H2,1-21H3/t24-,25-,26-,27+,28+,29+,30-,31-,32+,33-/m1/s1. The van der Waals surface area contributed by atoms with Crippen LogP contribution < -0.4 is 0 Å². The molecule has 2 saturated heterocycles. The molecule has 0 aromatic heterocycles. The number of rotatable bonds is 18. The fourth-order valence-corrected chi connectivity index (χ4v) is 12.9. The lowest BCUT2D eigenvalue weighted by molar-refractivity contribution is -0.345. The molecule has 0 aromatic rings. The van der Waals surface area contributed by atoms with Crippen molar-refractivity contribution in [3.8, 4) is 0 Å². The van der Waals surface area contributed by atoms with E-state index in [4.69, 9.17) is 45.2 Å². The Balaban J connectivity index is 2.84. The molecule has 51 heavy (non-hydrogen) atoms. The van der Waals surface area contributed by atoms with E-state index in [1.165, 1.54) is 0 Å². The molecule has 1 N–H and O–H groups in total. The molecule has 18 heteroatoms. The molecule has 0 radical (unpaired) electrons. The SMILES string of the molecule is C[Si](C)(C)OC[C@H]1O[C@H](O[Si](C)(C)C)[C@H](O[Si](C)(C)C)[C@@H](O[Si](C)(C)C)[C@@H]1O[C@@H]1O[C@H](CO)[C@H](O[Si](C)(C)C)[C@H](O[Si](C)(C)C)[C@H]1O[Si](C)(C)C. The number of hydrogen-bond donors (Lipinski definition) is 1. The van der Waals surface area contributed by atoms with Crippen LogP contribution in [-0.4, -0.2) is 138 Å². The van der Waals surface area contributed by atoms with Crippen LogP contribution in [0.3, 0.4) is 0 Å².